The second-order valence-corrected chi connectivity index (χ2v) is 14.3. The first-order valence-electron chi connectivity index (χ1n) is 14.1. The smallest absolute Gasteiger partial charge is 0.314 e. The molecule has 2 N–H and O–H groups in total. The molecule has 200 valence electrons. The number of nitrogens with zero attached hydrogens (tertiary/aromatic N) is 1. The Morgan fingerprint density at radius 3 is 2.35 bits per heavy atom. The molecule has 0 heterocycles. The summed E-state index contributed by atoms with van der Waals surface area (Å²) < 4.78 is 0. The fourth-order valence-electron chi connectivity index (χ4n) is 9.76. The van der Waals surface area contributed by atoms with Gasteiger partial charge in [-0.3, -0.25) is 9.59 Å². The molecule has 2 amide bonds. The third-order valence-corrected chi connectivity index (χ3v) is 12.1. The van der Waals surface area contributed by atoms with Gasteiger partial charge < -0.3 is 10.6 Å². The monoisotopic (exact) mass is 505 g/mol. The van der Waals surface area contributed by atoms with Gasteiger partial charge in [-0.25, -0.2) is 4.79 Å². The maximum atomic E-state index is 14.4. The highest BCUT2D eigenvalue weighted by Gasteiger charge is 2.69. The van der Waals surface area contributed by atoms with Gasteiger partial charge in [0.15, 0.2) is 11.6 Å². The van der Waals surface area contributed by atoms with Crippen molar-refractivity contribution in [2.24, 2.45) is 45.3 Å². The molecule has 2 unspecified atom stereocenters. The molecule has 0 radical (unpaired) electrons. The minimum Gasteiger partial charge on any atom is -0.341 e. The molecule has 5 rings (SSSR count). The largest absolute Gasteiger partial charge is 0.341 e. The molecule has 6 heteroatoms. The lowest BCUT2D eigenvalue weighted by Gasteiger charge is -2.68. The number of Topliss-reactive ketones (excluding diaryl/α,β-unsaturated/α-hetero) is 1. The van der Waals surface area contributed by atoms with Crippen LogP contribution in [-0.2, 0) is 9.59 Å². The summed E-state index contributed by atoms with van der Waals surface area (Å²) in [4.78, 5) is 39.9. The molecule has 6 nitrogen and oxygen atoms in total. The van der Waals surface area contributed by atoms with Gasteiger partial charge in [-0.1, -0.05) is 53.2 Å². The number of nitrogens with one attached hydrogen (secondary N) is 2. The highest BCUT2D eigenvalue weighted by Crippen LogP contribution is 2.72. The topological polar surface area (TPSA) is 99.1 Å². The van der Waals surface area contributed by atoms with E-state index >= 15 is 0 Å². The van der Waals surface area contributed by atoms with Crippen molar-refractivity contribution in [1.29, 1.82) is 5.26 Å². The quantitative estimate of drug-likeness (QED) is 0.492. The van der Waals surface area contributed by atoms with E-state index in [1.807, 2.05) is 19.1 Å². The van der Waals surface area contributed by atoms with Crippen LogP contribution in [0.2, 0.25) is 0 Å². The summed E-state index contributed by atoms with van der Waals surface area (Å²) in [7, 11) is 1.65. The molecular weight excluding hydrogens is 462 g/mol. The molecule has 0 aromatic heterocycles. The van der Waals surface area contributed by atoms with E-state index in [0.29, 0.717) is 0 Å². The van der Waals surface area contributed by atoms with E-state index in [9.17, 15) is 19.6 Å². The van der Waals surface area contributed by atoms with Gasteiger partial charge in [-0.05, 0) is 79.1 Å². The predicted octanol–water partition coefficient (Wildman–Crippen LogP) is 5.50. The predicted molar refractivity (Wildman–Crippen MR) is 142 cm³/mol. The van der Waals surface area contributed by atoms with E-state index < -0.39 is 5.41 Å². The lowest BCUT2D eigenvalue weighted by molar-refractivity contribution is -0.158. The lowest BCUT2D eigenvalue weighted by Crippen LogP contribution is -2.70. The van der Waals surface area contributed by atoms with Crippen molar-refractivity contribution < 1.29 is 14.4 Å². The molecule has 0 bridgehead atoms. The number of rotatable bonds is 1. The summed E-state index contributed by atoms with van der Waals surface area (Å²) >= 11 is 0. The third-order valence-electron chi connectivity index (χ3n) is 12.1. The number of allylic oxidation sites excluding steroid dienone is 4. The first kappa shape index (κ1) is 26.2. The van der Waals surface area contributed by atoms with Crippen LogP contribution in [0.4, 0.5) is 4.79 Å². The maximum Gasteiger partial charge on any atom is 0.314 e. The molecule has 0 aromatic carbocycles. The number of hydrogen-bond acceptors (Lipinski definition) is 4. The molecule has 0 spiro atoms. The number of carbonyl (C=O) groups is 3. The number of hydrogen-bond donors (Lipinski definition) is 2. The van der Waals surface area contributed by atoms with E-state index in [2.05, 4.69) is 51.3 Å². The highest BCUT2D eigenvalue weighted by molar-refractivity contribution is 6.02. The lowest BCUT2D eigenvalue weighted by atomic mass is 9.36. The molecule has 8 atom stereocenters. The number of carbonyl (C=O) groups excluding carboxylic acids is 3. The van der Waals surface area contributed by atoms with E-state index in [1.54, 1.807) is 7.05 Å². The Morgan fingerprint density at radius 2 is 1.70 bits per heavy atom. The minimum absolute atomic E-state index is 0.0624. The number of urea groups is 1. The van der Waals surface area contributed by atoms with Crippen molar-refractivity contribution in [2.75, 3.05) is 7.05 Å². The Morgan fingerprint density at radius 1 is 1.03 bits per heavy atom. The maximum absolute atomic E-state index is 14.4. The van der Waals surface area contributed by atoms with Gasteiger partial charge in [0.25, 0.3) is 0 Å². The normalized spacial score (nSPS) is 46.1. The molecular formula is C31H43N3O3. The second-order valence-electron chi connectivity index (χ2n) is 14.3. The molecule has 0 saturated heterocycles. The molecule has 0 aromatic rings. The summed E-state index contributed by atoms with van der Waals surface area (Å²) in [5.74, 6) is -0.140. The number of fused-ring (bicyclic) bond motifs is 7. The number of amides is 2. The summed E-state index contributed by atoms with van der Waals surface area (Å²) in [5.41, 5.74) is 0.105. The van der Waals surface area contributed by atoms with Gasteiger partial charge in [0.2, 0.25) is 0 Å². The van der Waals surface area contributed by atoms with Crippen LogP contribution in [0, 0.1) is 56.7 Å². The van der Waals surface area contributed by atoms with Gasteiger partial charge in [-0.2, -0.15) is 5.26 Å². The zero-order chi connectivity index (χ0) is 27.2. The Labute approximate surface area is 221 Å². The van der Waals surface area contributed by atoms with Gasteiger partial charge >= 0.3 is 6.03 Å². The molecule has 3 saturated carbocycles. The fraction of sp³-hybridized carbons (Fsp3) is 0.742. The van der Waals surface area contributed by atoms with Gasteiger partial charge in [-0.15, -0.1) is 0 Å². The molecule has 3 fully saturated rings. The van der Waals surface area contributed by atoms with Crippen LogP contribution >= 0.6 is 0 Å². The van der Waals surface area contributed by atoms with Crippen molar-refractivity contribution >= 4 is 17.6 Å². The summed E-state index contributed by atoms with van der Waals surface area (Å²) in [6.45, 7) is 13.4. The van der Waals surface area contributed by atoms with Crippen LogP contribution in [0.3, 0.4) is 0 Å². The minimum atomic E-state index is -0.490. The van der Waals surface area contributed by atoms with E-state index in [1.165, 1.54) is 0 Å². The SMILES string of the molecule is CNC(=O)N[C@]12CCC(C)(C)CC1C1C(=O)C=C3[C@@]4(C)C=C(C#N)C(=O)[C@@H](C)[C@@H]4CC[C@@]3(C)[C@]1(C)CC2. The van der Waals surface area contributed by atoms with Crippen molar-refractivity contribution in [3.8, 4) is 6.07 Å². The van der Waals surface area contributed by atoms with Gasteiger partial charge in [0.05, 0.1) is 5.57 Å². The first-order valence-corrected chi connectivity index (χ1v) is 14.1. The van der Waals surface area contributed by atoms with Crippen molar-refractivity contribution in [3.05, 3.63) is 23.3 Å². The Kier molecular flexibility index (Phi) is 5.69. The molecule has 0 aliphatic heterocycles. The fourth-order valence-corrected chi connectivity index (χ4v) is 9.76. The van der Waals surface area contributed by atoms with Crippen LogP contribution < -0.4 is 10.6 Å². The van der Waals surface area contributed by atoms with Crippen molar-refractivity contribution in [1.82, 2.24) is 10.6 Å². The van der Waals surface area contributed by atoms with Crippen LogP contribution in [0.15, 0.2) is 23.3 Å². The Bertz CT molecular complexity index is 1180. The molecule has 5 aliphatic rings. The third kappa shape index (κ3) is 3.38. The summed E-state index contributed by atoms with van der Waals surface area (Å²) in [6.07, 6.45) is 10.2. The number of nitriles is 1. The van der Waals surface area contributed by atoms with Gasteiger partial charge in [0.1, 0.15) is 6.07 Å². The van der Waals surface area contributed by atoms with Crippen LogP contribution in [0.5, 0.6) is 0 Å². The Hall–Kier alpha value is -2.42. The average molecular weight is 506 g/mol. The highest BCUT2D eigenvalue weighted by atomic mass is 16.2. The van der Waals surface area contributed by atoms with E-state index in [0.717, 1.165) is 50.5 Å². The summed E-state index contributed by atoms with van der Waals surface area (Å²) in [6, 6.07) is 1.99. The van der Waals surface area contributed by atoms with Gasteiger partial charge in [0, 0.05) is 29.8 Å². The van der Waals surface area contributed by atoms with E-state index in [-0.39, 0.29) is 68.6 Å². The van der Waals surface area contributed by atoms with Crippen LogP contribution in [0.1, 0.15) is 86.5 Å². The van der Waals surface area contributed by atoms with E-state index in [4.69, 9.17) is 0 Å². The standard InChI is InChI=1S/C31H43N3O3/c1-18-20-8-9-29(5)23(28(20,4)15-19(17-32)25(18)36)14-22(35)24-21-16-27(2,3)10-12-31(21,34-26(37)33-7)13-11-30(24,29)6/h14-15,18,20-21,24H,8-13,16H2,1-7H3,(H2,33,34,37)/t18-,20-,21?,24?,28-,29+,30+,31-/m0/s1. The molecule has 37 heavy (non-hydrogen) atoms. The van der Waals surface area contributed by atoms with Crippen LogP contribution in [0.25, 0.3) is 0 Å². The van der Waals surface area contributed by atoms with Crippen molar-refractivity contribution in [2.45, 2.75) is 92.0 Å². The summed E-state index contributed by atoms with van der Waals surface area (Å²) in [5, 5.41) is 15.9. The second kappa shape index (κ2) is 8.04. The zero-order valence-electron chi connectivity index (χ0n) is 23.6. The molecule has 5 aliphatic carbocycles. The first-order chi connectivity index (χ1) is 17.2. The zero-order valence-corrected chi connectivity index (χ0v) is 23.6. The average Bonchev–Trinajstić information content (AvgIpc) is 2.83. The number of ketones is 2. The van der Waals surface area contributed by atoms with Crippen LogP contribution in [-0.4, -0.2) is 30.2 Å². The van der Waals surface area contributed by atoms with Crippen molar-refractivity contribution in [3.63, 3.8) is 0 Å². The Balaban J connectivity index is 1.66.